The Morgan fingerprint density at radius 2 is 2.03 bits per heavy atom. The highest BCUT2D eigenvalue weighted by atomic mass is 32.2. The molecule has 1 amide bonds. The predicted octanol–water partition coefficient (Wildman–Crippen LogP) is 3.76. The fourth-order valence-corrected chi connectivity index (χ4v) is 6.52. The summed E-state index contributed by atoms with van der Waals surface area (Å²) < 4.78 is 25.9. The zero-order chi connectivity index (χ0) is 22.3. The molecule has 3 aromatic heterocycles. The van der Waals surface area contributed by atoms with Gasteiger partial charge in [0.15, 0.2) is 15.5 Å². The normalized spacial score (nSPS) is 17.6. The van der Waals surface area contributed by atoms with E-state index in [-0.39, 0.29) is 23.5 Å². The van der Waals surface area contributed by atoms with Gasteiger partial charge in [-0.3, -0.25) is 4.79 Å². The zero-order valence-corrected chi connectivity index (χ0v) is 19.1. The van der Waals surface area contributed by atoms with E-state index in [9.17, 15) is 13.2 Å². The molecule has 9 heteroatoms. The number of thiophene rings is 1. The highest BCUT2D eigenvalue weighted by molar-refractivity contribution is 7.91. The summed E-state index contributed by atoms with van der Waals surface area (Å²) in [6, 6.07) is 15.2. The molecule has 0 bridgehead atoms. The maximum atomic E-state index is 13.3. The number of carbonyl (C=O) groups excluding carboxylic acids is 1. The van der Waals surface area contributed by atoms with Gasteiger partial charge in [0, 0.05) is 6.54 Å². The number of sulfone groups is 1. The highest BCUT2D eigenvalue weighted by Crippen LogP contribution is 2.33. The lowest BCUT2D eigenvalue weighted by molar-refractivity contribution is 0.0952. The summed E-state index contributed by atoms with van der Waals surface area (Å²) in [5.74, 6) is -0.0164. The van der Waals surface area contributed by atoms with Crippen molar-refractivity contribution in [3.05, 3.63) is 70.7 Å². The Bertz CT molecular complexity index is 1390. The second-order valence-electron chi connectivity index (χ2n) is 7.99. The second-order valence-corrected chi connectivity index (χ2v) is 11.2. The molecule has 4 aromatic rings. The Hall–Kier alpha value is -3.04. The SMILES string of the molecule is Cc1nn([C@@H]2CCS(=O)(=O)C2)c2nc(-c3cccs3)cc(C(=O)NCc3ccccc3)c12. The van der Waals surface area contributed by atoms with Crippen molar-refractivity contribution in [1.29, 1.82) is 0 Å². The Morgan fingerprint density at radius 1 is 1.22 bits per heavy atom. The number of nitrogens with one attached hydrogen (secondary N) is 1. The van der Waals surface area contributed by atoms with Gasteiger partial charge in [0.1, 0.15) is 0 Å². The van der Waals surface area contributed by atoms with E-state index in [1.54, 1.807) is 22.1 Å². The third kappa shape index (κ3) is 3.93. The van der Waals surface area contributed by atoms with E-state index >= 15 is 0 Å². The number of pyridine rings is 1. The van der Waals surface area contributed by atoms with Crippen LogP contribution in [0, 0.1) is 6.92 Å². The van der Waals surface area contributed by atoms with Crippen LogP contribution >= 0.6 is 11.3 Å². The first-order chi connectivity index (χ1) is 15.4. The molecule has 0 unspecified atom stereocenters. The summed E-state index contributed by atoms with van der Waals surface area (Å²) >= 11 is 1.54. The van der Waals surface area contributed by atoms with Crippen LogP contribution in [0.2, 0.25) is 0 Å². The number of rotatable bonds is 5. The van der Waals surface area contributed by atoms with E-state index in [4.69, 9.17) is 4.98 Å². The van der Waals surface area contributed by atoms with Crippen LogP contribution in [0.15, 0.2) is 53.9 Å². The molecule has 0 aliphatic carbocycles. The van der Waals surface area contributed by atoms with Crippen LogP contribution in [0.1, 0.15) is 34.1 Å². The molecule has 0 spiro atoms. The smallest absolute Gasteiger partial charge is 0.252 e. The topological polar surface area (TPSA) is 93.9 Å². The van der Waals surface area contributed by atoms with Gasteiger partial charge < -0.3 is 5.32 Å². The largest absolute Gasteiger partial charge is 0.348 e. The number of hydrogen-bond donors (Lipinski definition) is 1. The van der Waals surface area contributed by atoms with Gasteiger partial charge in [-0.05, 0) is 36.4 Å². The molecular weight excluding hydrogens is 444 g/mol. The van der Waals surface area contributed by atoms with Crippen molar-refractivity contribution in [3.63, 3.8) is 0 Å². The summed E-state index contributed by atoms with van der Waals surface area (Å²) in [6.45, 7) is 2.24. The molecule has 1 N–H and O–H groups in total. The Morgan fingerprint density at radius 3 is 2.72 bits per heavy atom. The fraction of sp³-hybridized carbons (Fsp3) is 0.261. The van der Waals surface area contributed by atoms with E-state index in [1.165, 1.54) is 0 Å². The van der Waals surface area contributed by atoms with Crippen molar-refractivity contribution in [2.75, 3.05) is 11.5 Å². The number of nitrogens with zero attached hydrogens (tertiary/aromatic N) is 3. The highest BCUT2D eigenvalue weighted by Gasteiger charge is 2.32. The predicted molar refractivity (Wildman–Crippen MR) is 125 cm³/mol. The number of aromatic nitrogens is 3. The molecule has 4 heterocycles. The molecule has 32 heavy (non-hydrogen) atoms. The van der Waals surface area contributed by atoms with Crippen LogP contribution in [0.25, 0.3) is 21.6 Å². The molecule has 5 rings (SSSR count). The van der Waals surface area contributed by atoms with Crippen LogP contribution in [-0.4, -0.2) is 40.6 Å². The van der Waals surface area contributed by atoms with Crippen molar-refractivity contribution in [3.8, 4) is 10.6 Å². The monoisotopic (exact) mass is 466 g/mol. The van der Waals surface area contributed by atoms with Gasteiger partial charge in [-0.1, -0.05) is 36.4 Å². The molecule has 0 saturated carbocycles. The summed E-state index contributed by atoms with van der Waals surface area (Å²) in [4.78, 5) is 19.0. The van der Waals surface area contributed by atoms with Gasteiger partial charge in [-0.25, -0.2) is 18.1 Å². The molecule has 164 valence electrons. The van der Waals surface area contributed by atoms with Crippen molar-refractivity contribution in [1.82, 2.24) is 20.1 Å². The minimum Gasteiger partial charge on any atom is -0.348 e. The second kappa shape index (κ2) is 8.14. The van der Waals surface area contributed by atoms with Gasteiger partial charge in [0.05, 0.1) is 44.8 Å². The Kier molecular flexibility index (Phi) is 5.30. The first-order valence-corrected chi connectivity index (χ1v) is 13.1. The molecule has 1 atom stereocenters. The van der Waals surface area contributed by atoms with E-state index in [2.05, 4.69) is 10.4 Å². The first-order valence-electron chi connectivity index (χ1n) is 10.4. The summed E-state index contributed by atoms with van der Waals surface area (Å²) in [5.41, 5.74) is 3.41. The van der Waals surface area contributed by atoms with Crippen LogP contribution in [0.5, 0.6) is 0 Å². The average Bonchev–Trinajstić information content (AvgIpc) is 3.51. The zero-order valence-electron chi connectivity index (χ0n) is 17.5. The molecule has 7 nitrogen and oxygen atoms in total. The minimum absolute atomic E-state index is 0.0453. The maximum absolute atomic E-state index is 13.3. The van der Waals surface area contributed by atoms with Gasteiger partial charge >= 0.3 is 0 Å². The summed E-state index contributed by atoms with van der Waals surface area (Å²) in [6.07, 6.45) is 0.499. The Balaban J connectivity index is 1.60. The minimum atomic E-state index is -3.09. The van der Waals surface area contributed by atoms with Crippen LogP contribution in [0.3, 0.4) is 0 Å². The molecule has 1 aromatic carbocycles. The van der Waals surface area contributed by atoms with Crippen LogP contribution < -0.4 is 5.32 Å². The lowest BCUT2D eigenvalue weighted by Crippen LogP contribution is -2.23. The van der Waals surface area contributed by atoms with Crippen molar-refractivity contribution < 1.29 is 13.2 Å². The quantitative estimate of drug-likeness (QED) is 0.483. The summed E-state index contributed by atoms with van der Waals surface area (Å²) in [5, 5.41) is 10.3. The number of benzene rings is 1. The lowest BCUT2D eigenvalue weighted by Gasteiger charge is -2.12. The van der Waals surface area contributed by atoms with E-state index < -0.39 is 9.84 Å². The van der Waals surface area contributed by atoms with Crippen molar-refractivity contribution in [2.24, 2.45) is 0 Å². The number of hydrogen-bond acceptors (Lipinski definition) is 6. The van der Waals surface area contributed by atoms with E-state index in [0.717, 1.165) is 10.4 Å². The maximum Gasteiger partial charge on any atom is 0.252 e. The van der Waals surface area contributed by atoms with Gasteiger partial charge in [-0.15, -0.1) is 11.3 Å². The van der Waals surface area contributed by atoms with Crippen molar-refractivity contribution in [2.45, 2.75) is 25.9 Å². The molecule has 1 saturated heterocycles. The number of amides is 1. The van der Waals surface area contributed by atoms with Gasteiger partial charge in [0.25, 0.3) is 5.91 Å². The van der Waals surface area contributed by atoms with Gasteiger partial charge in [-0.2, -0.15) is 5.10 Å². The molecule has 1 aliphatic heterocycles. The third-order valence-corrected chi connectivity index (χ3v) is 8.35. The third-order valence-electron chi connectivity index (χ3n) is 5.71. The van der Waals surface area contributed by atoms with Crippen molar-refractivity contribution >= 4 is 38.1 Å². The standard InChI is InChI=1S/C23H22N4O3S2/c1-15-21-18(23(28)24-13-16-6-3-2-4-7-16)12-19(20-8-5-10-31-20)25-22(21)27(26-15)17-9-11-32(29,30)14-17/h2-8,10,12,17H,9,11,13-14H2,1H3,(H,24,28)/t17-/m1/s1. The molecule has 1 aliphatic rings. The first kappa shape index (κ1) is 20.8. The molecule has 1 fully saturated rings. The van der Waals surface area contributed by atoms with Crippen LogP contribution in [-0.2, 0) is 16.4 Å². The number of carbonyl (C=O) groups is 1. The van der Waals surface area contributed by atoms with Crippen LogP contribution in [0.4, 0.5) is 0 Å². The fourth-order valence-electron chi connectivity index (χ4n) is 4.14. The van der Waals surface area contributed by atoms with E-state index in [0.29, 0.717) is 41.0 Å². The Labute approximate surface area is 190 Å². The molecule has 0 radical (unpaired) electrons. The van der Waals surface area contributed by atoms with Gasteiger partial charge in [0.2, 0.25) is 0 Å². The lowest BCUT2D eigenvalue weighted by atomic mass is 10.1. The summed E-state index contributed by atoms with van der Waals surface area (Å²) in [7, 11) is -3.09. The number of fused-ring (bicyclic) bond motifs is 1. The average molecular weight is 467 g/mol. The molecular formula is C23H22N4O3S2. The number of aryl methyl sites for hydroxylation is 1. The van der Waals surface area contributed by atoms with E-state index in [1.807, 2.05) is 54.8 Å².